The van der Waals surface area contributed by atoms with E-state index in [0.29, 0.717) is 0 Å². The van der Waals surface area contributed by atoms with Crippen LogP contribution in [0.2, 0.25) is 0 Å². The average molecular weight is 362 g/mol. The van der Waals surface area contributed by atoms with Crippen molar-refractivity contribution in [2.75, 3.05) is 5.75 Å². The Bertz CT molecular complexity index is 360. The molecule has 143 valence electrons. The fourth-order valence-electron chi connectivity index (χ4n) is 3.28. The number of rotatable bonds is 18. The fraction of sp³-hybridized carbons (Fsp3) is 0.708. The van der Waals surface area contributed by atoms with Crippen LogP contribution in [0.1, 0.15) is 103 Å². The minimum absolute atomic E-state index is 1.12. The lowest BCUT2D eigenvalue weighted by molar-refractivity contribution is 0.533. The Hall–Kier alpha value is -0.430. The summed E-state index contributed by atoms with van der Waals surface area (Å²) in [4.78, 5) is 1.42. The van der Waals surface area contributed by atoms with E-state index in [4.69, 9.17) is 0 Å². The van der Waals surface area contributed by atoms with E-state index in [0.717, 1.165) is 6.42 Å². The normalized spacial score (nSPS) is 11.1. The van der Waals surface area contributed by atoms with Gasteiger partial charge in [-0.3, -0.25) is 0 Å². The van der Waals surface area contributed by atoms with Crippen molar-refractivity contribution >= 4 is 11.8 Å². The first-order valence-electron chi connectivity index (χ1n) is 10.9. The van der Waals surface area contributed by atoms with Crippen molar-refractivity contribution in [1.82, 2.24) is 0 Å². The molecule has 0 nitrogen and oxygen atoms in total. The summed E-state index contributed by atoms with van der Waals surface area (Å²) in [5.41, 5.74) is 0. The summed E-state index contributed by atoms with van der Waals surface area (Å²) < 4.78 is 0. The molecular weight excluding hydrogens is 320 g/mol. The SMILES string of the molecule is [CH2]CCCCCCCCCCCCCCCCCSc1ccccc1. The predicted molar refractivity (Wildman–Crippen MR) is 116 cm³/mol. The molecule has 0 spiro atoms. The van der Waals surface area contributed by atoms with Crippen molar-refractivity contribution in [3.63, 3.8) is 0 Å². The zero-order chi connectivity index (χ0) is 17.8. The Labute approximate surface area is 162 Å². The van der Waals surface area contributed by atoms with E-state index in [1.54, 1.807) is 0 Å². The molecule has 1 heteroatoms. The molecule has 0 heterocycles. The van der Waals surface area contributed by atoms with Crippen molar-refractivity contribution in [2.24, 2.45) is 0 Å². The molecule has 1 radical (unpaired) electrons. The standard InChI is InChI=1S/C24H41S/c1-2-3-4-5-6-7-8-9-10-11-12-13-14-15-16-20-23-25-24-21-18-17-19-22-24/h17-19,21-22H,1-16,20,23H2. The lowest BCUT2D eigenvalue weighted by Gasteiger charge is -2.04. The molecule has 0 aliphatic carbocycles. The Kier molecular flexibility index (Phi) is 16.6. The monoisotopic (exact) mass is 361 g/mol. The average Bonchev–Trinajstić information content (AvgIpc) is 2.65. The number of unbranched alkanes of at least 4 members (excludes halogenated alkanes) is 15. The maximum atomic E-state index is 3.90. The third-order valence-electron chi connectivity index (χ3n) is 4.91. The summed E-state index contributed by atoms with van der Waals surface area (Å²) in [6.07, 6.45) is 22.6. The van der Waals surface area contributed by atoms with Gasteiger partial charge in [-0.2, -0.15) is 0 Å². The summed E-state index contributed by atoms with van der Waals surface area (Å²) in [6.45, 7) is 3.90. The summed E-state index contributed by atoms with van der Waals surface area (Å²) in [6, 6.07) is 10.8. The van der Waals surface area contributed by atoms with Gasteiger partial charge in [0.2, 0.25) is 0 Å². The molecule has 0 aliphatic rings. The molecule has 1 aromatic rings. The first kappa shape index (κ1) is 22.6. The van der Waals surface area contributed by atoms with Crippen LogP contribution in [0.25, 0.3) is 0 Å². The molecule has 25 heavy (non-hydrogen) atoms. The quantitative estimate of drug-likeness (QED) is 0.186. The minimum Gasteiger partial charge on any atom is -0.126 e. The van der Waals surface area contributed by atoms with Gasteiger partial charge in [-0.1, -0.05) is 121 Å². The van der Waals surface area contributed by atoms with Crippen LogP contribution in [0.5, 0.6) is 0 Å². The van der Waals surface area contributed by atoms with Gasteiger partial charge >= 0.3 is 0 Å². The second-order valence-electron chi connectivity index (χ2n) is 7.32. The number of benzene rings is 1. The maximum Gasteiger partial charge on any atom is 0.00719 e. The Balaban J connectivity index is 1.69. The molecule has 0 amide bonds. The van der Waals surface area contributed by atoms with Crippen LogP contribution < -0.4 is 0 Å². The third-order valence-corrected chi connectivity index (χ3v) is 6.00. The predicted octanol–water partition coefficient (Wildman–Crippen LogP) is 8.85. The molecule has 0 aliphatic heterocycles. The van der Waals surface area contributed by atoms with Gasteiger partial charge in [-0.15, -0.1) is 11.8 Å². The zero-order valence-corrected chi connectivity index (χ0v) is 17.3. The Morgan fingerprint density at radius 1 is 0.520 bits per heavy atom. The van der Waals surface area contributed by atoms with Crippen molar-refractivity contribution < 1.29 is 0 Å². The van der Waals surface area contributed by atoms with Gasteiger partial charge in [0, 0.05) is 4.90 Å². The maximum absolute atomic E-state index is 3.90. The minimum atomic E-state index is 1.12. The van der Waals surface area contributed by atoms with Gasteiger partial charge in [0.05, 0.1) is 0 Å². The first-order valence-corrected chi connectivity index (χ1v) is 11.9. The van der Waals surface area contributed by atoms with E-state index in [1.807, 2.05) is 11.8 Å². The summed E-state index contributed by atoms with van der Waals surface area (Å²) in [7, 11) is 0. The molecular formula is C24H41S. The van der Waals surface area contributed by atoms with E-state index in [2.05, 4.69) is 37.3 Å². The van der Waals surface area contributed by atoms with E-state index >= 15 is 0 Å². The largest absolute Gasteiger partial charge is 0.126 e. The topological polar surface area (TPSA) is 0 Å². The van der Waals surface area contributed by atoms with Crippen LogP contribution >= 0.6 is 11.8 Å². The Morgan fingerprint density at radius 3 is 1.36 bits per heavy atom. The highest BCUT2D eigenvalue weighted by Gasteiger charge is 1.96. The fourth-order valence-corrected chi connectivity index (χ4v) is 4.22. The molecule has 0 aromatic heterocycles. The van der Waals surface area contributed by atoms with Gasteiger partial charge < -0.3 is 0 Å². The smallest absolute Gasteiger partial charge is 0.00719 e. The van der Waals surface area contributed by atoms with Crippen molar-refractivity contribution in [1.29, 1.82) is 0 Å². The van der Waals surface area contributed by atoms with Crippen LogP contribution in [-0.4, -0.2) is 5.75 Å². The highest BCUT2D eigenvalue weighted by Crippen LogP contribution is 2.19. The molecule has 0 saturated carbocycles. The van der Waals surface area contributed by atoms with E-state index in [-0.39, 0.29) is 0 Å². The van der Waals surface area contributed by atoms with Crippen LogP contribution in [0.4, 0.5) is 0 Å². The van der Waals surface area contributed by atoms with Crippen molar-refractivity contribution in [3.8, 4) is 0 Å². The van der Waals surface area contributed by atoms with Gasteiger partial charge in [0.25, 0.3) is 0 Å². The second-order valence-corrected chi connectivity index (χ2v) is 8.49. The molecule has 0 fully saturated rings. The summed E-state index contributed by atoms with van der Waals surface area (Å²) in [5, 5.41) is 0. The molecule has 0 N–H and O–H groups in total. The number of thioether (sulfide) groups is 1. The summed E-state index contributed by atoms with van der Waals surface area (Å²) in [5.74, 6) is 1.28. The molecule has 0 unspecified atom stereocenters. The van der Waals surface area contributed by atoms with Gasteiger partial charge in [-0.05, 0) is 24.3 Å². The lowest BCUT2D eigenvalue weighted by Crippen LogP contribution is -1.84. The van der Waals surface area contributed by atoms with E-state index in [1.165, 1.54) is 107 Å². The van der Waals surface area contributed by atoms with Crippen molar-refractivity contribution in [3.05, 3.63) is 37.3 Å². The van der Waals surface area contributed by atoms with Gasteiger partial charge in [-0.25, -0.2) is 0 Å². The van der Waals surface area contributed by atoms with Crippen LogP contribution in [-0.2, 0) is 0 Å². The first-order chi connectivity index (χ1) is 12.4. The van der Waals surface area contributed by atoms with Crippen LogP contribution in [0.3, 0.4) is 0 Å². The highest BCUT2D eigenvalue weighted by molar-refractivity contribution is 7.99. The van der Waals surface area contributed by atoms with Gasteiger partial charge in [0.1, 0.15) is 0 Å². The molecule has 0 atom stereocenters. The highest BCUT2D eigenvalue weighted by atomic mass is 32.2. The van der Waals surface area contributed by atoms with Gasteiger partial charge in [0.15, 0.2) is 0 Å². The second kappa shape index (κ2) is 18.4. The lowest BCUT2D eigenvalue weighted by atomic mass is 10.0. The zero-order valence-electron chi connectivity index (χ0n) is 16.5. The number of hydrogen-bond donors (Lipinski definition) is 0. The summed E-state index contributed by atoms with van der Waals surface area (Å²) >= 11 is 2.00. The molecule has 0 saturated heterocycles. The molecule has 0 bridgehead atoms. The van der Waals surface area contributed by atoms with Crippen LogP contribution in [0.15, 0.2) is 35.2 Å². The van der Waals surface area contributed by atoms with E-state index < -0.39 is 0 Å². The van der Waals surface area contributed by atoms with Crippen LogP contribution in [0, 0.1) is 6.92 Å². The Morgan fingerprint density at radius 2 is 0.920 bits per heavy atom. The number of hydrogen-bond acceptors (Lipinski definition) is 1. The van der Waals surface area contributed by atoms with Crippen molar-refractivity contribution in [2.45, 2.75) is 108 Å². The van der Waals surface area contributed by atoms with E-state index in [9.17, 15) is 0 Å². The molecule has 1 aromatic carbocycles. The third kappa shape index (κ3) is 15.5. The molecule has 1 rings (SSSR count).